The van der Waals surface area contributed by atoms with E-state index in [1.165, 1.54) is 0 Å². The van der Waals surface area contributed by atoms with E-state index in [1.807, 2.05) is 6.92 Å². The fraction of sp³-hybridized carbons (Fsp3) is 0.750. The molecular formula is C12H22N4O3. The highest BCUT2D eigenvalue weighted by atomic mass is 16.5. The third-order valence-corrected chi connectivity index (χ3v) is 2.43. The van der Waals surface area contributed by atoms with Gasteiger partial charge in [0.15, 0.2) is 5.82 Å². The van der Waals surface area contributed by atoms with E-state index in [2.05, 4.69) is 15.5 Å². The highest BCUT2D eigenvalue weighted by molar-refractivity contribution is 5.74. The maximum absolute atomic E-state index is 11.9. The van der Waals surface area contributed by atoms with Crippen LogP contribution in [0.25, 0.3) is 0 Å². The maximum atomic E-state index is 11.9. The largest absolute Gasteiger partial charge is 0.389 e. The van der Waals surface area contributed by atoms with Gasteiger partial charge in [0.25, 0.3) is 0 Å². The van der Waals surface area contributed by atoms with Crippen LogP contribution in [0.5, 0.6) is 0 Å². The number of aromatic nitrogens is 2. The molecule has 0 aliphatic carbocycles. The van der Waals surface area contributed by atoms with E-state index < -0.39 is 5.60 Å². The molecule has 1 heterocycles. The van der Waals surface area contributed by atoms with Crippen LogP contribution in [0.1, 0.15) is 32.5 Å². The number of aliphatic hydroxyl groups is 1. The molecule has 0 saturated carbocycles. The third-order valence-electron chi connectivity index (χ3n) is 2.43. The van der Waals surface area contributed by atoms with E-state index >= 15 is 0 Å². The lowest BCUT2D eigenvalue weighted by Crippen LogP contribution is -2.47. The lowest BCUT2D eigenvalue weighted by atomic mass is 10.1. The molecule has 2 amide bonds. The molecule has 0 spiro atoms. The second-order valence-electron chi connectivity index (χ2n) is 5.04. The van der Waals surface area contributed by atoms with Crippen LogP contribution >= 0.6 is 0 Å². The van der Waals surface area contributed by atoms with Gasteiger partial charge in [0, 0.05) is 19.5 Å². The Morgan fingerprint density at radius 1 is 1.53 bits per heavy atom. The number of aryl methyl sites for hydroxylation is 1. The van der Waals surface area contributed by atoms with Crippen LogP contribution in [-0.2, 0) is 6.42 Å². The summed E-state index contributed by atoms with van der Waals surface area (Å²) >= 11 is 0. The Hall–Kier alpha value is -1.63. The van der Waals surface area contributed by atoms with Crippen LogP contribution in [0.3, 0.4) is 0 Å². The predicted molar refractivity (Wildman–Crippen MR) is 69.7 cm³/mol. The van der Waals surface area contributed by atoms with Crippen LogP contribution in [0.2, 0.25) is 0 Å². The number of nitrogens with zero attached hydrogens (tertiary/aromatic N) is 3. The first-order chi connectivity index (χ1) is 8.81. The molecule has 1 aromatic heterocycles. The molecule has 7 nitrogen and oxygen atoms in total. The molecule has 0 fully saturated rings. The summed E-state index contributed by atoms with van der Waals surface area (Å²) in [6, 6.07) is -0.208. The summed E-state index contributed by atoms with van der Waals surface area (Å²) in [6.07, 6.45) is 0.493. The minimum atomic E-state index is -0.906. The van der Waals surface area contributed by atoms with Crippen LogP contribution in [0.15, 0.2) is 4.52 Å². The molecule has 0 saturated heterocycles. The molecule has 0 radical (unpaired) electrons. The molecule has 0 unspecified atom stereocenters. The summed E-state index contributed by atoms with van der Waals surface area (Å²) in [5, 5.41) is 16.2. The third kappa shape index (κ3) is 5.69. The number of amides is 2. The van der Waals surface area contributed by atoms with E-state index in [0.717, 1.165) is 0 Å². The van der Waals surface area contributed by atoms with Gasteiger partial charge in [0.05, 0.1) is 12.1 Å². The Balaban J connectivity index is 2.36. The topological polar surface area (TPSA) is 91.5 Å². The van der Waals surface area contributed by atoms with E-state index in [9.17, 15) is 9.90 Å². The molecule has 19 heavy (non-hydrogen) atoms. The Bertz CT molecular complexity index is 411. The van der Waals surface area contributed by atoms with Gasteiger partial charge in [-0.05, 0) is 27.7 Å². The summed E-state index contributed by atoms with van der Waals surface area (Å²) in [5.41, 5.74) is -0.906. The Morgan fingerprint density at radius 3 is 2.68 bits per heavy atom. The fourth-order valence-electron chi connectivity index (χ4n) is 1.62. The summed E-state index contributed by atoms with van der Waals surface area (Å²) in [7, 11) is 0. The lowest BCUT2D eigenvalue weighted by Gasteiger charge is -2.28. The number of rotatable bonds is 6. The van der Waals surface area contributed by atoms with Crippen molar-refractivity contribution in [3.8, 4) is 0 Å². The first kappa shape index (κ1) is 15.4. The zero-order valence-corrected chi connectivity index (χ0v) is 11.9. The second kappa shape index (κ2) is 6.51. The van der Waals surface area contributed by atoms with E-state index in [4.69, 9.17) is 4.52 Å². The van der Waals surface area contributed by atoms with Crippen molar-refractivity contribution in [2.24, 2.45) is 0 Å². The average molecular weight is 270 g/mol. The zero-order valence-electron chi connectivity index (χ0n) is 11.9. The van der Waals surface area contributed by atoms with Gasteiger partial charge in [-0.25, -0.2) is 4.79 Å². The van der Waals surface area contributed by atoms with Gasteiger partial charge in [0.1, 0.15) is 0 Å². The van der Waals surface area contributed by atoms with E-state index in [-0.39, 0.29) is 12.6 Å². The van der Waals surface area contributed by atoms with Crippen molar-refractivity contribution >= 4 is 6.03 Å². The number of nitrogens with one attached hydrogen (secondary N) is 1. The molecule has 1 rings (SSSR count). The molecule has 0 aliphatic rings. The van der Waals surface area contributed by atoms with Gasteiger partial charge in [-0.2, -0.15) is 4.98 Å². The summed E-state index contributed by atoms with van der Waals surface area (Å²) in [4.78, 5) is 17.5. The molecule has 108 valence electrons. The number of likely N-dealkylation sites (N-methyl/N-ethyl adjacent to an activating group) is 1. The predicted octanol–water partition coefficient (Wildman–Crippen LogP) is 0.723. The van der Waals surface area contributed by atoms with Gasteiger partial charge < -0.3 is 19.8 Å². The zero-order chi connectivity index (χ0) is 14.5. The molecule has 2 N–H and O–H groups in total. The number of carbonyl (C=O) groups is 1. The number of hydrogen-bond donors (Lipinski definition) is 2. The van der Waals surface area contributed by atoms with Crippen LogP contribution in [0, 0.1) is 6.92 Å². The highest BCUT2D eigenvalue weighted by Crippen LogP contribution is 2.05. The first-order valence-electron chi connectivity index (χ1n) is 6.36. The minimum Gasteiger partial charge on any atom is -0.389 e. The van der Waals surface area contributed by atoms with Crippen LogP contribution in [0.4, 0.5) is 4.79 Å². The number of urea groups is 1. The Kier molecular flexibility index (Phi) is 5.29. The fourth-order valence-corrected chi connectivity index (χ4v) is 1.62. The molecule has 0 aliphatic heterocycles. The lowest BCUT2D eigenvalue weighted by molar-refractivity contribution is 0.0480. The van der Waals surface area contributed by atoms with E-state index in [1.54, 1.807) is 25.7 Å². The summed E-state index contributed by atoms with van der Waals surface area (Å²) in [5.74, 6) is 1.09. The van der Waals surface area contributed by atoms with Crippen LogP contribution < -0.4 is 5.32 Å². The summed E-state index contributed by atoms with van der Waals surface area (Å²) in [6.45, 7) is 8.20. The van der Waals surface area contributed by atoms with Crippen molar-refractivity contribution in [3.05, 3.63) is 11.7 Å². The van der Waals surface area contributed by atoms with Gasteiger partial charge in [-0.3, -0.25) is 0 Å². The average Bonchev–Trinajstić information content (AvgIpc) is 2.70. The second-order valence-corrected chi connectivity index (χ2v) is 5.04. The normalized spacial score (nSPS) is 11.4. The van der Waals surface area contributed by atoms with Crippen molar-refractivity contribution in [1.29, 1.82) is 0 Å². The summed E-state index contributed by atoms with van der Waals surface area (Å²) < 4.78 is 4.95. The standard InChI is InChI=1S/C12H22N4O3/c1-5-16(8-12(3,4)18)11(17)13-7-6-10-14-9(2)15-19-10/h18H,5-8H2,1-4H3,(H,13,17). The maximum Gasteiger partial charge on any atom is 0.317 e. The molecule has 1 aromatic rings. The SMILES string of the molecule is CCN(CC(C)(C)O)C(=O)NCCc1nc(C)no1. The van der Waals surface area contributed by atoms with Gasteiger partial charge >= 0.3 is 6.03 Å². The van der Waals surface area contributed by atoms with Crippen molar-refractivity contribution in [3.63, 3.8) is 0 Å². The van der Waals surface area contributed by atoms with Crippen LogP contribution in [-0.4, -0.2) is 51.4 Å². The monoisotopic (exact) mass is 270 g/mol. The molecule has 0 bridgehead atoms. The van der Waals surface area contributed by atoms with Crippen molar-refractivity contribution < 1.29 is 14.4 Å². The van der Waals surface area contributed by atoms with Crippen molar-refractivity contribution in [2.75, 3.05) is 19.6 Å². The molecule has 0 atom stereocenters. The molecular weight excluding hydrogens is 248 g/mol. The Labute approximate surface area is 113 Å². The first-order valence-corrected chi connectivity index (χ1v) is 6.36. The minimum absolute atomic E-state index is 0.208. The number of carbonyl (C=O) groups excluding carboxylic acids is 1. The van der Waals surface area contributed by atoms with Crippen molar-refractivity contribution in [2.45, 2.75) is 39.7 Å². The quantitative estimate of drug-likeness (QED) is 0.795. The van der Waals surface area contributed by atoms with Gasteiger partial charge in [-0.15, -0.1) is 0 Å². The Morgan fingerprint density at radius 2 is 2.21 bits per heavy atom. The molecule has 7 heteroatoms. The van der Waals surface area contributed by atoms with Gasteiger partial charge in [0.2, 0.25) is 5.89 Å². The molecule has 0 aromatic carbocycles. The van der Waals surface area contributed by atoms with E-state index in [0.29, 0.717) is 31.2 Å². The van der Waals surface area contributed by atoms with Gasteiger partial charge in [-0.1, -0.05) is 5.16 Å². The number of hydrogen-bond acceptors (Lipinski definition) is 5. The van der Waals surface area contributed by atoms with Crippen molar-refractivity contribution in [1.82, 2.24) is 20.4 Å². The highest BCUT2D eigenvalue weighted by Gasteiger charge is 2.20. The smallest absolute Gasteiger partial charge is 0.317 e.